The molecule has 15 heteroatoms. The van der Waals surface area contributed by atoms with E-state index in [0.717, 1.165) is 65.0 Å². The van der Waals surface area contributed by atoms with Gasteiger partial charge in [0.05, 0.1) is 26.9 Å². The normalized spacial score (nSPS) is 18.1. The maximum Gasteiger partial charge on any atom is 0.397 e. The second-order valence-corrected chi connectivity index (χ2v) is 12.2. The van der Waals surface area contributed by atoms with Gasteiger partial charge in [-0.3, -0.25) is 22.4 Å². The first-order chi connectivity index (χ1) is 17.8. The summed E-state index contributed by atoms with van der Waals surface area (Å²) < 4.78 is 65.8. The summed E-state index contributed by atoms with van der Waals surface area (Å²) in [4.78, 5) is 7.46. The molecule has 0 radical (unpaired) electrons. The fraction of sp³-hybridized carbons (Fsp3) is 0.478. The van der Waals surface area contributed by atoms with Crippen LogP contribution in [0, 0.1) is 0 Å². The average molecular weight is 613 g/mol. The van der Waals surface area contributed by atoms with Gasteiger partial charge in [0.25, 0.3) is 0 Å². The molecule has 2 aliphatic heterocycles. The Morgan fingerprint density at radius 2 is 1.53 bits per heavy atom. The summed E-state index contributed by atoms with van der Waals surface area (Å²) in [6.07, 6.45) is 0.964. The van der Waals surface area contributed by atoms with Crippen LogP contribution >= 0.6 is 23.4 Å². The van der Waals surface area contributed by atoms with E-state index in [1.165, 1.54) is 20.9 Å². The molecule has 1 atom stereocenters. The average Bonchev–Trinajstić information content (AvgIpc) is 3.01. The van der Waals surface area contributed by atoms with Crippen LogP contribution in [0.5, 0.6) is 0 Å². The Morgan fingerprint density at radius 3 is 2.11 bits per heavy atom. The van der Waals surface area contributed by atoms with Gasteiger partial charge in [0, 0.05) is 54.0 Å². The smallest absolute Gasteiger partial charge is 0.372 e. The minimum atomic E-state index is -4.16. The summed E-state index contributed by atoms with van der Waals surface area (Å²) >= 11 is 8.12. The number of likely N-dealkylation sites (N-methyl/N-ethyl adjacent to an activating group) is 1. The van der Waals surface area contributed by atoms with Gasteiger partial charge in [-0.15, -0.1) is 0 Å². The van der Waals surface area contributed by atoms with Crippen molar-refractivity contribution in [2.24, 2.45) is 0 Å². The highest BCUT2D eigenvalue weighted by molar-refractivity contribution is 7.99. The van der Waals surface area contributed by atoms with Crippen molar-refractivity contribution in [3.63, 3.8) is 0 Å². The first-order valence-electron chi connectivity index (χ1n) is 11.4. The molecule has 1 fully saturated rings. The number of nitrogens with zero attached hydrogens (tertiary/aromatic N) is 2. The van der Waals surface area contributed by atoms with Crippen molar-refractivity contribution in [3.8, 4) is 0 Å². The second kappa shape index (κ2) is 15.5. The molecule has 0 spiro atoms. The van der Waals surface area contributed by atoms with Crippen molar-refractivity contribution in [2.75, 3.05) is 60.6 Å². The molecular weight excluding hydrogens is 580 g/mol. The highest BCUT2D eigenvalue weighted by Gasteiger charge is 2.24. The van der Waals surface area contributed by atoms with E-state index in [-0.39, 0.29) is 6.10 Å². The summed E-state index contributed by atoms with van der Waals surface area (Å²) in [5.74, 6) is 0. The van der Waals surface area contributed by atoms with Crippen molar-refractivity contribution in [3.05, 3.63) is 58.6 Å². The summed E-state index contributed by atoms with van der Waals surface area (Å²) in [6, 6.07) is 14.8. The molecule has 0 aromatic heterocycles. The van der Waals surface area contributed by atoms with Crippen molar-refractivity contribution >= 4 is 44.2 Å². The van der Waals surface area contributed by atoms with Crippen molar-refractivity contribution < 1.29 is 39.0 Å². The Hall–Kier alpha value is -1.30. The molecule has 2 heterocycles. The lowest BCUT2D eigenvalue weighted by Crippen LogP contribution is -2.45. The third-order valence-electron chi connectivity index (χ3n) is 5.66. The Morgan fingerprint density at radius 1 is 0.947 bits per heavy atom. The summed E-state index contributed by atoms with van der Waals surface area (Å²) in [5, 5.41) is 0.781. The Labute approximate surface area is 233 Å². The van der Waals surface area contributed by atoms with Crippen molar-refractivity contribution in [2.45, 2.75) is 22.3 Å². The molecule has 2 aliphatic rings. The number of ether oxygens (including phenoxy) is 1. The molecule has 38 heavy (non-hydrogen) atoms. The molecule has 2 N–H and O–H groups in total. The highest BCUT2D eigenvalue weighted by Crippen LogP contribution is 2.42. The van der Waals surface area contributed by atoms with Crippen LogP contribution in [0.15, 0.2) is 52.3 Å². The number of hydrogen-bond acceptors (Lipinski definition) is 10. The lowest BCUT2D eigenvalue weighted by molar-refractivity contribution is 0.0274. The van der Waals surface area contributed by atoms with Crippen LogP contribution in [0.2, 0.25) is 5.02 Å². The minimum Gasteiger partial charge on any atom is -0.372 e. The van der Waals surface area contributed by atoms with Crippen molar-refractivity contribution in [1.82, 2.24) is 9.80 Å². The lowest BCUT2D eigenvalue weighted by Gasteiger charge is -2.32. The number of hydrogen-bond donors (Lipinski definition) is 2. The Balaban J connectivity index is 0.000000355. The number of halogens is 1. The molecule has 214 valence electrons. The molecule has 0 amide bonds. The van der Waals surface area contributed by atoms with Crippen LogP contribution < -0.4 is 0 Å². The van der Waals surface area contributed by atoms with E-state index >= 15 is 0 Å². The van der Waals surface area contributed by atoms with Gasteiger partial charge in [-0.1, -0.05) is 41.6 Å². The Kier molecular flexibility index (Phi) is 13.4. The summed E-state index contributed by atoms with van der Waals surface area (Å²) in [7, 11) is -4.39. The molecule has 2 aromatic rings. The molecule has 1 unspecified atom stereocenters. The van der Waals surface area contributed by atoms with Crippen LogP contribution in [0.3, 0.4) is 0 Å². The Bertz CT molecular complexity index is 1210. The third-order valence-corrected chi connectivity index (χ3v) is 7.95. The second-order valence-electron chi connectivity index (χ2n) is 8.29. The first kappa shape index (κ1) is 32.9. The zero-order valence-corrected chi connectivity index (χ0v) is 24.5. The zero-order valence-electron chi connectivity index (χ0n) is 21.3. The van der Waals surface area contributed by atoms with Crippen LogP contribution in [-0.4, -0.2) is 96.3 Å². The van der Waals surface area contributed by atoms with Gasteiger partial charge < -0.3 is 9.64 Å². The van der Waals surface area contributed by atoms with Crippen LogP contribution in [0.1, 0.15) is 17.2 Å². The van der Waals surface area contributed by atoms with Crippen LogP contribution in [0.25, 0.3) is 0 Å². The number of rotatable bonds is 6. The van der Waals surface area contributed by atoms with Gasteiger partial charge in [-0.2, -0.15) is 16.8 Å². The van der Waals surface area contributed by atoms with Gasteiger partial charge in [-0.25, -0.2) is 0 Å². The molecule has 0 aliphatic carbocycles. The molecule has 0 bridgehead atoms. The SMILES string of the molecule is CN1CCN(CCOC2Cc3ccccc3Sc3ccc(Cl)cc32)CC1.COS(=O)(=O)O.COS(=O)(=O)O. The molecule has 1 saturated heterocycles. The van der Waals surface area contributed by atoms with Gasteiger partial charge in [0.2, 0.25) is 0 Å². The largest absolute Gasteiger partial charge is 0.397 e. The molecule has 4 rings (SSSR count). The number of piperazine rings is 1. The molecular formula is C23H33ClN2O9S3. The number of benzene rings is 2. The van der Waals surface area contributed by atoms with E-state index in [4.69, 9.17) is 25.4 Å². The van der Waals surface area contributed by atoms with Crippen LogP contribution in [0.4, 0.5) is 0 Å². The standard InChI is InChI=1S/C21H25ClN2OS.2CH4O4S/c1-23-8-10-24(11-9-23)12-13-25-19-14-16-4-2-3-5-20(16)26-21-7-6-17(22)15-18(19)21;2*1-5-6(2,3)4/h2-7,15,19H,8-14H2,1H3;2*1H3,(H,2,3,4). The van der Waals surface area contributed by atoms with E-state index in [2.05, 4.69) is 61.6 Å². The van der Waals surface area contributed by atoms with E-state index in [0.29, 0.717) is 0 Å². The topological polar surface area (TPSA) is 143 Å². The van der Waals surface area contributed by atoms with Gasteiger partial charge in [0.15, 0.2) is 0 Å². The van der Waals surface area contributed by atoms with E-state index < -0.39 is 20.8 Å². The monoisotopic (exact) mass is 612 g/mol. The van der Waals surface area contributed by atoms with Gasteiger partial charge in [0.1, 0.15) is 0 Å². The quantitative estimate of drug-likeness (QED) is 0.462. The maximum atomic E-state index is 9.33. The fourth-order valence-corrected chi connectivity index (χ4v) is 4.90. The van der Waals surface area contributed by atoms with E-state index in [1.54, 1.807) is 0 Å². The molecule has 0 saturated carbocycles. The molecule has 2 aromatic carbocycles. The van der Waals surface area contributed by atoms with E-state index in [1.807, 2.05) is 17.8 Å². The fourth-order valence-electron chi connectivity index (χ4n) is 3.61. The third kappa shape index (κ3) is 12.3. The maximum absolute atomic E-state index is 9.33. The minimum absolute atomic E-state index is 0.0623. The predicted octanol–water partition coefficient (Wildman–Crippen LogP) is 3.22. The number of fused-ring (bicyclic) bond motifs is 2. The van der Waals surface area contributed by atoms with Crippen molar-refractivity contribution in [1.29, 1.82) is 0 Å². The summed E-state index contributed by atoms with van der Waals surface area (Å²) in [5.41, 5.74) is 2.58. The summed E-state index contributed by atoms with van der Waals surface area (Å²) in [6.45, 7) is 6.30. The zero-order chi connectivity index (χ0) is 28.3. The van der Waals surface area contributed by atoms with Gasteiger partial charge in [-0.05, 0) is 42.4 Å². The predicted molar refractivity (Wildman–Crippen MR) is 145 cm³/mol. The van der Waals surface area contributed by atoms with E-state index in [9.17, 15) is 16.8 Å². The van der Waals surface area contributed by atoms with Gasteiger partial charge >= 0.3 is 20.8 Å². The molecule has 11 nitrogen and oxygen atoms in total. The first-order valence-corrected chi connectivity index (χ1v) is 15.4. The highest BCUT2D eigenvalue weighted by atomic mass is 35.5. The lowest BCUT2D eigenvalue weighted by atomic mass is 10.0. The van der Waals surface area contributed by atoms with Crippen LogP contribution in [-0.2, 0) is 40.3 Å².